The molecule has 0 saturated carbocycles. The highest BCUT2D eigenvalue weighted by Crippen LogP contribution is 2.38. The van der Waals surface area contributed by atoms with Crippen LogP contribution in [0.25, 0.3) is 0 Å². The Morgan fingerprint density at radius 2 is 1.96 bits per heavy atom. The SMILES string of the molecule is COC(=O)C1=C(C)N(C)C(=O)N(Cc2noc(C)n2)C1c1ccc(Cl)cc1. The molecular weight excluding hydrogens is 372 g/mol. The van der Waals surface area contributed by atoms with Crippen molar-refractivity contribution in [3.63, 3.8) is 0 Å². The van der Waals surface area contributed by atoms with Crippen LogP contribution in [0, 0.1) is 6.92 Å². The summed E-state index contributed by atoms with van der Waals surface area (Å²) in [6, 6.07) is 6.01. The second kappa shape index (κ2) is 7.40. The van der Waals surface area contributed by atoms with Crippen molar-refractivity contribution in [2.45, 2.75) is 26.4 Å². The van der Waals surface area contributed by atoms with E-state index in [2.05, 4.69) is 10.1 Å². The van der Waals surface area contributed by atoms with Gasteiger partial charge in [0.1, 0.15) is 0 Å². The number of allylic oxidation sites excluding steroid dienone is 1. The van der Waals surface area contributed by atoms with E-state index in [0.717, 1.165) is 5.56 Å². The molecule has 0 fully saturated rings. The topological polar surface area (TPSA) is 88.8 Å². The van der Waals surface area contributed by atoms with Crippen LogP contribution in [0.2, 0.25) is 5.02 Å². The molecule has 2 amide bonds. The molecule has 1 atom stereocenters. The summed E-state index contributed by atoms with van der Waals surface area (Å²) in [5.41, 5.74) is 1.61. The quantitative estimate of drug-likeness (QED) is 0.745. The standard InChI is InChI=1S/C18H19ClN4O4/c1-10-15(17(24)26-4)16(12-5-7-13(19)8-6-12)23(18(25)22(10)3)9-14-20-11(2)27-21-14/h5-8,16H,9H2,1-4H3. The number of aryl methyl sites for hydroxylation is 1. The lowest BCUT2D eigenvalue weighted by atomic mass is 9.93. The molecule has 1 aliphatic rings. The van der Waals surface area contributed by atoms with Gasteiger partial charge in [-0.15, -0.1) is 0 Å². The van der Waals surface area contributed by atoms with Gasteiger partial charge in [0.15, 0.2) is 5.82 Å². The number of ether oxygens (including phenoxy) is 1. The highest BCUT2D eigenvalue weighted by Gasteiger charge is 2.41. The van der Waals surface area contributed by atoms with E-state index in [1.807, 2.05) is 0 Å². The zero-order chi connectivity index (χ0) is 19.7. The maximum Gasteiger partial charge on any atom is 0.337 e. The Labute approximate surface area is 161 Å². The zero-order valence-electron chi connectivity index (χ0n) is 15.4. The van der Waals surface area contributed by atoms with Gasteiger partial charge in [-0.2, -0.15) is 4.98 Å². The Bertz CT molecular complexity index is 906. The summed E-state index contributed by atoms with van der Waals surface area (Å²) in [4.78, 5) is 32.7. The second-order valence-electron chi connectivity index (χ2n) is 6.14. The molecule has 0 N–H and O–H groups in total. The number of hydrogen-bond donors (Lipinski definition) is 0. The summed E-state index contributed by atoms with van der Waals surface area (Å²) in [6.07, 6.45) is 0. The van der Waals surface area contributed by atoms with Crippen molar-refractivity contribution in [1.29, 1.82) is 0 Å². The molecule has 8 nitrogen and oxygen atoms in total. The normalized spacial score (nSPS) is 17.5. The monoisotopic (exact) mass is 390 g/mol. The van der Waals surface area contributed by atoms with Gasteiger partial charge in [-0.05, 0) is 24.6 Å². The largest absolute Gasteiger partial charge is 0.466 e. The number of halogens is 1. The Kier molecular flexibility index (Phi) is 5.18. The molecule has 1 unspecified atom stereocenters. The number of rotatable bonds is 4. The van der Waals surface area contributed by atoms with Crippen molar-refractivity contribution in [1.82, 2.24) is 19.9 Å². The number of aromatic nitrogens is 2. The van der Waals surface area contributed by atoms with E-state index in [1.165, 1.54) is 16.9 Å². The molecule has 0 saturated heterocycles. The minimum Gasteiger partial charge on any atom is -0.466 e. The van der Waals surface area contributed by atoms with Gasteiger partial charge in [0.05, 0.1) is 25.3 Å². The van der Waals surface area contributed by atoms with Crippen molar-refractivity contribution in [3.05, 3.63) is 57.8 Å². The average molecular weight is 391 g/mol. The lowest BCUT2D eigenvalue weighted by Gasteiger charge is -2.41. The number of esters is 1. The van der Waals surface area contributed by atoms with Crippen molar-refractivity contribution in [3.8, 4) is 0 Å². The second-order valence-corrected chi connectivity index (χ2v) is 6.58. The first-order valence-corrected chi connectivity index (χ1v) is 8.59. The number of hydrogen-bond acceptors (Lipinski definition) is 6. The molecule has 1 aliphatic heterocycles. The predicted octanol–water partition coefficient (Wildman–Crippen LogP) is 3.09. The molecule has 0 bridgehead atoms. The highest BCUT2D eigenvalue weighted by atomic mass is 35.5. The number of nitrogens with zero attached hydrogens (tertiary/aromatic N) is 4. The van der Waals surface area contributed by atoms with Gasteiger partial charge in [-0.1, -0.05) is 28.9 Å². The Morgan fingerprint density at radius 1 is 1.30 bits per heavy atom. The first-order valence-electron chi connectivity index (χ1n) is 8.21. The van der Waals surface area contributed by atoms with Crippen LogP contribution in [0.5, 0.6) is 0 Å². The van der Waals surface area contributed by atoms with Gasteiger partial charge >= 0.3 is 12.0 Å². The summed E-state index contributed by atoms with van der Waals surface area (Å²) < 4.78 is 9.99. The Balaban J connectivity index is 2.14. The maximum atomic E-state index is 13.0. The lowest BCUT2D eigenvalue weighted by Crippen LogP contribution is -2.48. The van der Waals surface area contributed by atoms with Crippen LogP contribution in [0.15, 0.2) is 40.1 Å². The van der Waals surface area contributed by atoms with E-state index in [4.69, 9.17) is 20.9 Å². The summed E-state index contributed by atoms with van der Waals surface area (Å²) in [5.74, 6) is 0.226. The number of amides is 2. The predicted molar refractivity (Wildman–Crippen MR) is 96.6 cm³/mol. The van der Waals surface area contributed by atoms with Gasteiger partial charge < -0.3 is 19.1 Å². The van der Waals surface area contributed by atoms with Gasteiger partial charge in [-0.3, -0.25) is 0 Å². The van der Waals surface area contributed by atoms with E-state index in [1.54, 1.807) is 45.2 Å². The van der Waals surface area contributed by atoms with Crippen LogP contribution in [0.1, 0.15) is 30.2 Å². The molecule has 3 rings (SSSR count). The van der Waals surface area contributed by atoms with Crippen molar-refractivity contribution in [2.24, 2.45) is 0 Å². The Hall–Kier alpha value is -2.87. The summed E-state index contributed by atoms with van der Waals surface area (Å²) in [7, 11) is 2.91. The molecule has 0 aliphatic carbocycles. The number of carbonyl (C=O) groups excluding carboxylic acids is 2. The fraction of sp³-hybridized carbons (Fsp3) is 0.333. The van der Waals surface area contributed by atoms with Gasteiger partial charge in [0, 0.05) is 24.7 Å². The molecule has 1 aromatic heterocycles. The molecule has 2 aromatic rings. The van der Waals surface area contributed by atoms with Gasteiger partial charge in [0.2, 0.25) is 5.89 Å². The first-order chi connectivity index (χ1) is 12.8. The van der Waals surface area contributed by atoms with Crippen molar-refractivity contribution < 1.29 is 18.8 Å². The van der Waals surface area contributed by atoms with Crippen LogP contribution < -0.4 is 0 Å². The summed E-state index contributed by atoms with van der Waals surface area (Å²) in [6.45, 7) is 3.45. The third-order valence-electron chi connectivity index (χ3n) is 4.48. The molecule has 2 heterocycles. The molecule has 142 valence electrons. The molecule has 27 heavy (non-hydrogen) atoms. The third kappa shape index (κ3) is 3.52. The first kappa shape index (κ1) is 18.9. The third-order valence-corrected chi connectivity index (χ3v) is 4.74. The molecular formula is C18H19ClN4O4. The van der Waals surface area contributed by atoms with Crippen molar-refractivity contribution in [2.75, 3.05) is 14.2 Å². The van der Waals surface area contributed by atoms with Crippen LogP contribution >= 0.6 is 11.6 Å². The van der Waals surface area contributed by atoms with E-state index in [0.29, 0.717) is 28.0 Å². The lowest BCUT2D eigenvalue weighted by molar-refractivity contribution is -0.137. The number of carbonyl (C=O) groups is 2. The van der Waals surface area contributed by atoms with Gasteiger partial charge in [-0.25, -0.2) is 9.59 Å². The van der Waals surface area contributed by atoms with E-state index in [-0.39, 0.29) is 12.6 Å². The van der Waals surface area contributed by atoms with E-state index < -0.39 is 12.0 Å². The summed E-state index contributed by atoms with van der Waals surface area (Å²) in [5, 5.41) is 4.42. The number of benzene rings is 1. The van der Waals surface area contributed by atoms with Crippen LogP contribution in [-0.4, -0.2) is 46.1 Å². The van der Waals surface area contributed by atoms with Crippen molar-refractivity contribution >= 4 is 23.6 Å². The molecule has 9 heteroatoms. The average Bonchev–Trinajstić information content (AvgIpc) is 3.07. The number of methoxy groups -OCH3 is 1. The summed E-state index contributed by atoms with van der Waals surface area (Å²) >= 11 is 6.00. The molecule has 0 radical (unpaired) electrons. The fourth-order valence-electron chi connectivity index (χ4n) is 3.06. The Morgan fingerprint density at radius 3 is 2.52 bits per heavy atom. The minimum atomic E-state index is -0.669. The molecule has 0 spiro atoms. The van der Waals surface area contributed by atoms with E-state index in [9.17, 15) is 9.59 Å². The van der Waals surface area contributed by atoms with Crippen LogP contribution in [-0.2, 0) is 16.1 Å². The maximum absolute atomic E-state index is 13.0. The highest BCUT2D eigenvalue weighted by molar-refractivity contribution is 6.30. The minimum absolute atomic E-state index is 0.0710. The zero-order valence-corrected chi connectivity index (χ0v) is 16.1. The van der Waals surface area contributed by atoms with E-state index >= 15 is 0 Å². The number of urea groups is 1. The van der Waals surface area contributed by atoms with Gasteiger partial charge in [0.25, 0.3) is 0 Å². The van der Waals surface area contributed by atoms with Crippen LogP contribution in [0.3, 0.4) is 0 Å². The smallest absolute Gasteiger partial charge is 0.337 e. The van der Waals surface area contributed by atoms with Crippen LogP contribution in [0.4, 0.5) is 4.79 Å². The molecule has 1 aromatic carbocycles. The fourth-order valence-corrected chi connectivity index (χ4v) is 3.18.